The first-order valence-corrected chi connectivity index (χ1v) is 11.7. The lowest BCUT2D eigenvalue weighted by Crippen LogP contribution is -2.07. The fraction of sp³-hybridized carbons (Fsp3) is 0.731. The number of rotatable bonds is 17. The predicted molar refractivity (Wildman–Crippen MR) is 129 cm³/mol. The van der Waals surface area contributed by atoms with Gasteiger partial charge in [-0.1, -0.05) is 82.6 Å². The van der Waals surface area contributed by atoms with E-state index in [1.807, 2.05) is 13.8 Å². The van der Waals surface area contributed by atoms with Crippen LogP contribution in [-0.2, 0) is 9.53 Å². The zero-order valence-corrected chi connectivity index (χ0v) is 19.8. The summed E-state index contributed by atoms with van der Waals surface area (Å²) in [6.45, 7) is 12.8. The van der Waals surface area contributed by atoms with E-state index in [1.165, 1.54) is 70.6 Å². The predicted octanol–water partition coefficient (Wildman–Crippen LogP) is 7.94. The van der Waals surface area contributed by atoms with Crippen molar-refractivity contribution in [2.24, 2.45) is 0 Å². The molecule has 0 aromatic carbocycles. The maximum absolute atomic E-state index is 11.2. The van der Waals surface area contributed by atoms with Gasteiger partial charge < -0.3 is 9.84 Å². The SMILES string of the molecule is C=CC.C=CC.CCCCCCCC/C=C/CCCCCCCC(=O)OCCO. The highest BCUT2D eigenvalue weighted by atomic mass is 16.5. The zero-order chi connectivity index (χ0) is 22.4. The fourth-order valence-electron chi connectivity index (χ4n) is 2.57. The first-order chi connectivity index (χ1) is 14.1. The van der Waals surface area contributed by atoms with Crippen molar-refractivity contribution in [2.45, 2.75) is 111 Å². The maximum Gasteiger partial charge on any atom is 0.305 e. The summed E-state index contributed by atoms with van der Waals surface area (Å²) in [5, 5.41) is 8.54. The Kier molecular flexibility index (Phi) is 38.1. The van der Waals surface area contributed by atoms with Crippen LogP contribution >= 0.6 is 0 Å². The summed E-state index contributed by atoms with van der Waals surface area (Å²) in [7, 11) is 0. The van der Waals surface area contributed by atoms with Gasteiger partial charge in [0, 0.05) is 6.42 Å². The molecule has 0 bridgehead atoms. The lowest BCUT2D eigenvalue weighted by atomic mass is 10.1. The summed E-state index contributed by atoms with van der Waals surface area (Å²) in [6, 6.07) is 0. The van der Waals surface area contributed by atoms with Gasteiger partial charge in [-0.3, -0.25) is 4.79 Å². The summed E-state index contributed by atoms with van der Waals surface area (Å²) in [4.78, 5) is 11.2. The molecule has 0 unspecified atom stereocenters. The monoisotopic (exact) mass is 410 g/mol. The highest BCUT2D eigenvalue weighted by Crippen LogP contribution is 2.10. The number of allylic oxidation sites excluding steroid dienone is 4. The topological polar surface area (TPSA) is 46.5 Å². The van der Waals surface area contributed by atoms with E-state index in [0.29, 0.717) is 6.42 Å². The van der Waals surface area contributed by atoms with Crippen LogP contribution in [0.15, 0.2) is 37.5 Å². The van der Waals surface area contributed by atoms with E-state index in [0.717, 1.165) is 12.8 Å². The molecule has 3 heteroatoms. The van der Waals surface area contributed by atoms with Crippen molar-refractivity contribution in [1.82, 2.24) is 0 Å². The molecular formula is C26H50O3. The second kappa shape index (κ2) is 34.2. The van der Waals surface area contributed by atoms with Crippen molar-refractivity contribution in [1.29, 1.82) is 0 Å². The molecule has 0 rings (SSSR count). The van der Waals surface area contributed by atoms with Crippen molar-refractivity contribution in [2.75, 3.05) is 13.2 Å². The molecule has 29 heavy (non-hydrogen) atoms. The molecule has 1 N–H and O–H groups in total. The Morgan fingerprint density at radius 2 is 1.21 bits per heavy atom. The average molecular weight is 411 g/mol. The third-order valence-electron chi connectivity index (χ3n) is 4.00. The Labute approximate surface area is 182 Å². The summed E-state index contributed by atoms with van der Waals surface area (Å²) in [5.41, 5.74) is 0. The van der Waals surface area contributed by atoms with Crippen molar-refractivity contribution < 1.29 is 14.6 Å². The fourth-order valence-corrected chi connectivity index (χ4v) is 2.57. The van der Waals surface area contributed by atoms with Crippen LogP contribution in [0.1, 0.15) is 111 Å². The second-order valence-corrected chi connectivity index (χ2v) is 7.09. The molecule has 0 aliphatic carbocycles. The van der Waals surface area contributed by atoms with Gasteiger partial charge in [0.1, 0.15) is 6.61 Å². The molecule has 0 spiro atoms. The molecule has 0 saturated heterocycles. The van der Waals surface area contributed by atoms with Gasteiger partial charge in [-0.15, -0.1) is 13.2 Å². The van der Waals surface area contributed by atoms with Crippen LogP contribution in [0.4, 0.5) is 0 Å². The lowest BCUT2D eigenvalue weighted by molar-refractivity contribution is -0.144. The van der Waals surface area contributed by atoms with Gasteiger partial charge in [0.2, 0.25) is 0 Å². The average Bonchev–Trinajstić information content (AvgIpc) is 2.70. The normalized spacial score (nSPS) is 9.79. The van der Waals surface area contributed by atoms with E-state index in [-0.39, 0.29) is 19.2 Å². The minimum atomic E-state index is -0.184. The van der Waals surface area contributed by atoms with Crippen LogP contribution in [0, 0.1) is 0 Å². The summed E-state index contributed by atoms with van der Waals surface area (Å²) < 4.78 is 4.81. The Morgan fingerprint density at radius 3 is 1.66 bits per heavy atom. The molecule has 0 atom stereocenters. The number of carbonyl (C=O) groups is 1. The van der Waals surface area contributed by atoms with E-state index in [2.05, 4.69) is 32.2 Å². The molecule has 3 nitrogen and oxygen atoms in total. The van der Waals surface area contributed by atoms with Gasteiger partial charge in [0.05, 0.1) is 6.61 Å². The van der Waals surface area contributed by atoms with Gasteiger partial charge in [0.15, 0.2) is 0 Å². The Morgan fingerprint density at radius 1 is 0.793 bits per heavy atom. The van der Waals surface area contributed by atoms with Crippen molar-refractivity contribution in [3.8, 4) is 0 Å². The van der Waals surface area contributed by atoms with Crippen molar-refractivity contribution >= 4 is 5.97 Å². The summed E-state index contributed by atoms with van der Waals surface area (Å²) in [6.07, 6.45) is 25.0. The van der Waals surface area contributed by atoms with Crippen LogP contribution in [0.3, 0.4) is 0 Å². The quantitative estimate of drug-likeness (QED) is 0.150. The molecule has 0 saturated carbocycles. The van der Waals surface area contributed by atoms with Gasteiger partial charge in [-0.25, -0.2) is 0 Å². The molecular weight excluding hydrogens is 360 g/mol. The summed E-state index contributed by atoms with van der Waals surface area (Å²) >= 11 is 0. The van der Waals surface area contributed by atoms with Crippen molar-refractivity contribution in [3.63, 3.8) is 0 Å². The Balaban J connectivity index is -0.000000993. The number of hydrogen-bond acceptors (Lipinski definition) is 3. The molecule has 0 radical (unpaired) electrons. The van der Waals surface area contributed by atoms with Crippen LogP contribution < -0.4 is 0 Å². The number of esters is 1. The Bertz CT molecular complexity index is 342. The third-order valence-corrected chi connectivity index (χ3v) is 4.00. The molecule has 0 heterocycles. The van der Waals surface area contributed by atoms with E-state index in [9.17, 15) is 4.79 Å². The van der Waals surface area contributed by atoms with E-state index < -0.39 is 0 Å². The van der Waals surface area contributed by atoms with Crippen LogP contribution in [0.5, 0.6) is 0 Å². The largest absolute Gasteiger partial charge is 0.463 e. The molecule has 0 aliphatic heterocycles. The standard InChI is InChI=1S/C20H38O3.2C3H6/c1-2-3-4-5-6-7-8-9-10-11-12-13-14-15-16-17-20(22)23-19-18-21;2*1-3-2/h9-10,21H,2-8,11-19H2,1H3;2*3H,1H2,2H3/b10-9+;;. The second-order valence-electron chi connectivity index (χ2n) is 7.09. The lowest BCUT2D eigenvalue weighted by Gasteiger charge is -2.02. The zero-order valence-electron chi connectivity index (χ0n) is 19.8. The Hall–Kier alpha value is -1.35. The van der Waals surface area contributed by atoms with Crippen LogP contribution in [0.2, 0.25) is 0 Å². The molecule has 0 fully saturated rings. The third kappa shape index (κ3) is 41.9. The molecule has 0 aliphatic rings. The molecule has 172 valence electrons. The van der Waals surface area contributed by atoms with Crippen molar-refractivity contribution in [3.05, 3.63) is 37.5 Å². The van der Waals surface area contributed by atoms with E-state index in [1.54, 1.807) is 12.2 Å². The number of carbonyl (C=O) groups excluding carboxylic acids is 1. The van der Waals surface area contributed by atoms with E-state index in [4.69, 9.17) is 9.84 Å². The molecule has 0 aromatic rings. The maximum atomic E-state index is 11.2. The number of aliphatic hydroxyl groups is 1. The minimum absolute atomic E-state index is 0.0852. The van der Waals surface area contributed by atoms with Gasteiger partial charge in [-0.2, -0.15) is 0 Å². The van der Waals surface area contributed by atoms with Crippen LogP contribution in [0.25, 0.3) is 0 Å². The molecule has 0 aromatic heterocycles. The minimum Gasteiger partial charge on any atom is -0.463 e. The summed E-state index contributed by atoms with van der Waals surface area (Å²) in [5.74, 6) is -0.184. The molecule has 0 amide bonds. The van der Waals surface area contributed by atoms with Gasteiger partial charge >= 0.3 is 5.97 Å². The van der Waals surface area contributed by atoms with E-state index >= 15 is 0 Å². The number of hydrogen-bond donors (Lipinski definition) is 1. The first kappa shape index (κ1) is 32.3. The van der Waals surface area contributed by atoms with Crippen LogP contribution in [-0.4, -0.2) is 24.3 Å². The highest BCUT2D eigenvalue weighted by Gasteiger charge is 2.01. The smallest absolute Gasteiger partial charge is 0.305 e. The van der Waals surface area contributed by atoms with Gasteiger partial charge in [0.25, 0.3) is 0 Å². The number of unbranched alkanes of at least 4 members (excludes halogenated alkanes) is 11. The number of aliphatic hydroxyl groups excluding tert-OH is 1. The first-order valence-electron chi connectivity index (χ1n) is 11.7. The highest BCUT2D eigenvalue weighted by molar-refractivity contribution is 5.69. The van der Waals surface area contributed by atoms with Gasteiger partial charge in [-0.05, 0) is 46.0 Å². The number of ether oxygens (including phenoxy) is 1.